The highest BCUT2D eigenvalue weighted by Gasteiger charge is 2.38. The molecule has 2 unspecified atom stereocenters. The van der Waals surface area contributed by atoms with Gasteiger partial charge in [-0.05, 0) is 75.8 Å². The van der Waals surface area contributed by atoms with Crippen LogP contribution in [0.1, 0.15) is 62.9 Å². The van der Waals surface area contributed by atoms with E-state index in [1.54, 1.807) is 40.7 Å². The summed E-state index contributed by atoms with van der Waals surface area (Å²) in [7, 11) is 0. The summed E-state index contributed by atoms with van der Waals surface area (Å²) in [6.07, 6.45) is -0.726. The van der Waals surface area contributed by atoms with Crippen LogP contribution in [0.3, 0.4) is 0 Å². The van der Waals surface area contributed by atoms with Gasteiger partial charge in [0.1, 0.15) is 17.7 Å². The number of hydrogen-bond donors (Lipinski definition) is 3. The summed E-state index contributed by atoms with van der Waals surface area (Å²) in [5, 5.41) is 15.6. The molecular weight excluding hydrogens is 470 g/mol. The monoisotopic (exact) mass is 511 g/mol. The molecule has 0 saturated heterocycles. The molecule has 3 N–H and O–H groups in total. The number of carbonyl (C=O) groups is 3. The normalized spacial score (nSPS) is 13.0. The fourth-order valence-electron chi connectivity index (χ4n) is 4.04. The van der Waals surface area contributed by atoms with Crippen molar-refractivity contribution in [2.45, 2.75) is 73.1 Å². The molecule has 3 amide bonds. The molecule has 37 heavy (non-hydrogen) atoms. The van der Waals surface area contributed by atoms with Gasteiger partial charge in [0, 0.05) is 12.2 Å². The van der Waals surface area contributed by atoms with Crippen LogP contribution < -0.4 is 10.6 Å². The summed E-state index contributed by atoms with van der Waals surface area (Å²) in [4.78, 5) is 41.7. The molecule has 0 aliphatic rings. The molecule has 0 saturated carbocycles. The molecule has 0 bridgehead atoms. The lowest BCUT2D eigenvalue weighted by Gasteiger charge is -2.36. The Morgan fingerprint density at radius 1 is 0.973 bits per heavy atom. The molecule has 0 spiro atoms. The zero-order valence-corrected chi connectivity index (χ0v) is 23.2. The van der Waals surface area contributed by atoms with Crippen molar-refractivity contribution in [1.29, 1.82) is 0 Å². The first-order valence-corrected chi connectivity index (χ1v) is 12.6. The van der Waals surface area contributed by atoms with Crippen molar-refractivity contribution in [2.75, 3.05) is 18.5 Å². The fourth-order valence-corrected chi connectivity index (χ4v) is 4.04. The number of carbonyl (C=O) groups excluding carboxylic acids is 3. The van der Waals surface area contributed by atoms with Crippen LogP contribution >= 0.6 is 0 Å². The van der Waals surface area contributed by atoms with E-state index in [-0.39, 0.29) is 19.1 Å². The Bertz CT molecular complexity index is 1110. The number of nitrogens with one attached hydrogen (secondary N) is 2. The van der Waals surface area contributed by atoms with E-state index >= 15 is 0 Å². The van der Waals surface area contributed by atoms with Crippen LogP contribution in [0.4, 0.5) is 10.5 Å². The van der Waals surface area contributed by atoms with Gasteiger partial charge in [-0.15, -0.1) is 0 Å². The lowest BCUT2D eigenvalue weighted by Crippen LogP contribution is -2.55. The molecule has 0 radical (unpaired) electrons. The number of amides is 3. The molecule has 0 fully saturated rings. The lowest BCUT2D eigenvalue weighted by molar-refractivity contribution is -0.142. The SMILES string of the molecule is Cc1ccccc1NC(=O)C(c1cccc(C)c1C)N(CCO)C(=O)C(NC(=O)OC(C)(C)C)C(C)C. The van der Waals surface area contributed by atoms with E-state index in [1.165, 1.54) is 4.90 Å². The van der Waals surface area contributed by atoms with Gasteiger partial charge in [-0.1, -0.05) is 50.2 Å². The summed E-state index contributed by atoms with van der Waals surface area (Å²) in [6, 6.07) is 11.0. The van der Waals surface area contributed by atoms with E-state index < -0.39 is 35.6 Å². The second-order valence-corrected chi connectivity index (χ2v) is 10.6. The van der Waals surface area contributed by atoms with Crippen molar-refractivity contribution >= 4 is 23.6 Å². The van der Waals surface area contributed by atoms with E-state index in [0.717, 1.165) is 16.7 Å². The Morgan fingerprint density at radius 3 is 2.16 bits per heavy atom. The van der Waals surface area contributed by atoms with Crippen LogP contribution in [0.2, 0.25) is 0 Å². The maximum Gasteiger partial charge on any atom is 0.408 e. The minimum Gasteiger partial charge on any atom is -0.444 e. The van der Waals surface area contributed by atoms with Crippen LogP contribution in [-0.4, -0.2) is 52.7 Å². The van der Waals surface area contributed by atoms with Gasteiger partial charge < -0.3 is 25.4 Å². The van der Waals surface area contributed by atoms with Crippen LogP contribution in [0.15, 0.2) is 42.5 Å². The van der Waals surface area contributed by atoms with Crippen LogP contribution in [0.25, 0.3) is 0 Å². The summed E-state index contributed by atoms with van der Waals surface area (Å²) >= 11 is 0. The number of ether oxygens (including phenoxy) is 1. The van der Waals surface area contributed by atoms with E-state index in [9.17, 15) is 19.5 Å². The van der Waals surface area contributed by atoms with Gasteiger partial charge in [0.25, 0.3) is 5.91 Å². The maximum atomic E-state index is 14.0. The number of nitrogens with zero attached hydrogens (tertiary/aromatic N) is 1. The van der Waals surface area contributed by atoms with Gasteiger partial charge in [0.2, 0.25) is 5.91 Å². The highest BCUT2D eigenvalue weighted by molar-refractivity contribution is 5.99. The van der Waals surface area contributed by atoms with Crippen molar-refractivity contribution in [3.05, 3.63) is 64.7 Å². The number of benzene rings is 2. The molecular formula is C29H41N3O5. The Kier molecular flexibility index (Phi) is 10.3. The topological polar surface area (TPSA) is 108 Å². The molecule has 8 nitrogen and oxygen atoms in total. The Labute approximate surface area is 220 Å². The first kappa shape index (κ1) is 29.8. The number of aliphatic hydroxyl groups is 1. The molecule has 0 aliphatic heterocycles. The van der Waals surface area contributed by atoms with Crippen LogP contribution in [-0.2, 0) is 14.3 Å². The highest BCUT2D eigenvalue weighted by atomic mass is 16.6. The Hall–Kier alpha value is -3.39. The van der Waals surface area contributed by atoms with Crippen molar-refractivity contribution in [2.24, 2.45) is 5.92 Å². The van der Waals surface area contributed by atoms with Gasteiger partial charge in [-0.2, -0.15) is 0 Å². The second kappa shape index (κ2) is 12.7. The van der Waals surface area contributed by atoms with Crippen LogP contribution in [0.5, 0.6) is 0 Å². The van der Waals surface area contributed by atoms with E-state index in [0.29, 0.717) is 11.3 Å². The van der Waals surface area contributed by atoms with Crippen molar-refractivity contribution < 1.29 is 24.2 Å². The van der Waals surface area contributed by atoms with Gasteiger partial charge in [0.15, 0.2) is 0 Å². The lowest BCUT2D eigenvalue weighted by atomic mass is 9.94. The Balaban J connectivity index is 2.56. The quantitative estimate of drug-likeness (QED) is 0.454. The summed E-state index contributed by atoms with van der Waals surface area (Å²) in [5.74, 6) is -1.20. The molecule has 2 rings (SSSR count). The minimum atomic E-state index is -1.04. The third-order valence-corrected chi connectivity index (χ3v) is 6.13. The molecule has 0 aliphatic carbocycles. The third kappa shape index (κ3) is 8.05. The van der Waals surface area contributed by atoms with E-state index in [1.807, 2.05) is 57.2 Å². The number of alkyl carbamates (subject to hydrolysis) is 1. The molecule has 0 aromatic heterocycles. The predicted octanol–water partition coefficient (Wildman–Crippen LogP) is 4.66. The first-order valence-electron chi connectivity index (χ1n) is 12.6. The van der Waals surface area contributed by atoms with Crippen LogP contribution in [0, 0.1) is 26.7 Å². The molecule has 0 heterocycles. The minimum absolute atomic E-state index is 0.0999. The largest absolute Gasteiger partial charge is 0.444 e. The number of anilines is 1. The van der Waals surface area contributed by atoms with Gasteiger partial charge in [-0.25, -0.2) is 4.79 Å². The van der Waals surface area contributed by atoms with E-state index in [2.05, 4.69) is 10.6 Å². The predicted molar refractivity (Wildman–Crippen MR) is 145 cm³/mol. The zero-order chi connectivity index (χ0) is 27.9. The fraction of sp³-hybridized carbons (Fsp3) is 0.483. The summed E-state index contributed by atoms with van der Waals surface area (Å²) in [5.41, 5.74) is 3.24. The van der Waals surface area contributed by atoms with Crippen molar-refractivity contribution in [3.63, 3.8) is 0 Å². The summed E-state index contributed by atoms with van der Waals surface area (Å²) in [6.45, 7) is 14.1. The van der Waals surface area contributed by atoms with Gasteiger partial charge >= 0.3 is 6.09 Å². The smallest absolute Gasteiger partial charge is 0.408 e. The maximum absolute atomic E-state index is 14.0. The number of para-hydroxylation sites is 1. The van der Waals surface area contributed by atoms with Gasteiger partial charge in [-0.3, -0.25) is 9.59 Å². The average Bonchev–Trinajstić information content (AvgIpc) is 2.79. The molecule has 2 aromatic carbocycles. The number of aliphatic hydroxyl groups excluding tert-OH is 1. The average molecular weight is 512 g/mol. The second-order valence-electron chi connectivity index (χ2n) is 10.6. The molecule has 202 valence electrons. The third-order valence-electron chi connectivity index (χ3n) is 6.13. The van der Waals surface area contributed by atoms with Crippen molar-refractivity contribution in [1.82, 2.24) is 10.2 Å². The zero-order valence-electron chi connectivity index (χ0n) is 23.2. The van der Waals surface area contributed by atoms with Crippen molar-refractivity contribution in [3.8, 4) is 0 Å². The van der Waals surface area contributed by atoms with E-state index in [4.69, 9.17) is 4.74 Å². The Morgan fingerprint density at radius 2 is 1.59 bits per heavy atom. The molecule has 2 aromatic rings. The van der Waals surface area contributed by atoms with Gasteiger partial charge in [0.05, 0.1) is 6.61 Å². The highest BCUT2D eigenvalue weighted by Crippen LogP contribution is 2.29. The number of rotatable bonds is 9. The summed E-state index contributed by atoms with van der Waals surface area (Å²) < 4.78 is 5.38. The number of aryl methyl sites for hydroxylation is 2. The first-order chi connectivity index (χ1) is 17.3. The molecule has 2 atom stereocenters. The molecule has 8 heteroatoms. The number of hydrogen-bond acceptors (Lipinski definition) is 5. The standard InChI is InChI=1S/C29H41N3O5/c1-18(2)24(31-28(36)37-29(6,7)8)27(35)32(16-17-33)25(22-14-11-13-19(3)21(22)5)26(34)30-23-15-10-9-12-20(23)4/h9-15,18,24-25,33H,16-17H2,1-8H3,(H,30,34)(H,31,36).